The van der Waals surface area contributed by atoms with Gasteiger partial charge >= 0.3 is 0 Å². The summed E-state index contributed by atoms with van der Waals surface area (Å²) in [6, 6.07) is 2.03. The van der Waals surface area contributed by atoms with Crippen molar-refractivity contribution in [1.29, 1.82) is 5.26 Å². The van der Waals surface area contributed by atoms with Crippen LogP contribution in [0.15, 0.2) is 0 Å². The van der Waals surface area contributed by atoms with Crippen LogP contribution in [0.1, 0.15) is 13.8 Å². The van der Waals surface area contributed by atoms with Crippen LogP contribution in [0.3, 0.4) is 0 Å². The molecule has 0 saturated carbocycles. The number of nitrogens with zero attached hydrogens (tertiary/aromatic N) is 2. The lowest BCUT2D eigenvalue weighted by atomic mass is 9.73. The van der Waals surface area contributed by atoms with Gasteiger partial charge in [0.15, 0.2) is 0 Å². The van der Waals surface area contributed by atoms with Crippen molar-refractivity contribution in [1.82, 2.24) is 4.90 Å². The molecule has 13 heavy (non-hydrogen) atoms. The maximum Gasteiger partial charge on any atom is 0.108 e. The SMILES string of the molecule is CN1C[C@H](C#N)[C@](C)(O)[C@@](C)(O)C1. The fraction of sp³-hybridized carbons (Fsp3) is 0.889. The Morgan fingerprint density at radius 2 is 2.00 bits per heavy atom. The van der Waals surface area contributed by atoms with Gasteiger partial charge in [-0.3, -0.25) is 0 Å². The van der Waals surface area contributed by atoms with Gasteiger partial charge in [0.1, 0.15) is 11.2 Å². The Balaban J connectivity index is 2.97. The van der Waals surface area contributed by atoms with Crippen LogP contribution in [-0.4, -0.2) is 46.5 Å². The van der Waals surface area contributed by atoms with Gasteiger partial charge in [0.05, 0.1) is 12.0 Å². The van der Waals surface area contributed by atoms with E-state index in [0.717, 1.165) is 0 Å². The molecule has 0 aromatic heterocycles. The number of likely N-dealkylation sites (tertiary alicyclic amines) is 1. The molecule has 1 rings (SSSR count). The average molecular weight is 184 g/mol. The third-order valence-electron chi connectivity index (χ3n) is 3.00. The van der Waals surface area contributed by atoms with Gasteiger partial charge in [-0.25, -0.2) is 0 Å². The molecule has 1 fully saturated rings. The number of likely N-dealkylation sites (N-methyl/N-ethyl adjacent to an activating group) is 1. The molecule has 0 spiro atoms. The third kappa shape index (κ3) is 1.55. The molecule has 2 N–H and O–H groups in total. The van der Waals surface area contributed by atoms with E-state index < -0.39 is 17.1 Å². The van der Waals surface area contributed by atoms with E-state index in [1.54, 1.807) is 6.92 Å². The summed E-state index contributed by atoms with van der Waals surface area (Å²) in [6.07, 6.45) is 0. The first kappa shape index (κ1) is 10.5. The van der Waals surface area contributed by atoms with E-state index in [1.807, 2.05) is 18.0 Å². The topological polar surface area (TPSA) is 67.5 Å². The highest BCUT2D eigenvalue weighted by atomic mass is 16.4. The van der Waals surface area contributed by atoms with Crippen LogP contribution in [0.5, 0.6) is 0 Å². The second-order valence-corrected chi connectivity index (χ2v) is 4.30. The second kappa shape index (κ2) is 2.95. The van der Waals surface area contributed by atoms with Crippen LogP contribution < -0.4 is 0 Å². The number of hydrogen-bond donors (Lipinski definition) is 2. The molecule has 0 unspecified atom stereocenters. The van der Waals surface area contributed by atoms with Gasteiger partial charge in [0, 0.05) is 13.1 Å². The highest BCUT2D eigenvalue weighted by Gasteiger charge is 2.52. The van der Waals surface area contributed by atoms with Gasteiger partial charge in [-0.15, -0.1) is 0 Å². The van der Waals surface area contributed by atoms with Gasteiger partial charge in [-0.1, -0.05) is 0 Å². The van der Waals surface area contributed by atoms with E-state index in [-0.39, 0.29) is 0 Å². The molecule has 0 aliphatic carbocycles. The average Bonchev–Trinajstić information content (AvgIpc) is 1.96. The highest BCUT2D eigenvalue weighted by Crippen LogP contribution is 2.34. The molecular formula is C9H16N2O2. The van der Waals surface area contributed by atoms with Crippen LogP contribution in [0.4, 0.5) is 0 Å². The molecule has 1 heterocycles. The lowest BCUT2D eigenvalue weighted by Crippen LogP contribution is -2.65. The van der Waals surface area contributed by atoms with Crippen LogP contribution in [0.2, 0.25) is 0 Å². The fourth-order valence-electron chi connectivity index (χ4n) is 1.78. The molecule has 1 saturated heterocycles. The lowest BCUT2D eigenvalue weighted by molar-refractivity contribution is -0.185. The number of rotatable bonds is 0. The van der Waals surface area contributed by atoms with Gasteiger partial charge in [-0.2, -0.15) is 5.26 Å². The molecule has 1 aliphatic heterocycles. The van der Waals surface area contributed by atoms with Crippen molar-refractivity contribution in [2.24, 2.45) is 5.92 Å². The van der Waals surface area contributed by atoms with Gasteiger partial charge in [-0.05, 0) is 20.9 Å². The largest absolute Gasteiger partial charge is 0.386 e. The van der Waals surface area contributed by atoms with Crippen molar-refractivity contribution in [2.75, 3.05) is 20.1 Å². The maximum absolute atomic E-state index is 9.98. The van der Waals surface area contributed by atoms with E-state index in [9.17, 15) is 10.2 Å². The molecule has 0 aromatic rings. The Morgan fingerprint density at radius 3 is 2.46 bits per heavy atom. The van der Waals surface area contributed by atoms with Crippen molar-refractivity contribution in [3.05, 3.63) is 0 Å². The molecular weight excluding hydrogens is 168 g/mol. The smallest absolute Gasteiger partial charge is 0.108 e. The van der Waals surface area contributed by atoms with Crippen molar-refractivity contribution in [3.8, 4) is 6.07 Å². The van der Waals surface area contributed by atoms with Gasteiger partial charge in [0.2, 0.25) is 0 Å². The molecule has 4 nitrogen and oxygen atoms in total. The highest BCUT2D eigenvalue weighted by molar-refractivity contribution is 5.10. The number of hydrogen-bond acceptors (Lipinski definition) is 4. The first-order chi connectivity index (χ1) is 5.81. The Bertz CT molecular complexity index is 242. The van der Waals surface area contributed by atoms with E-state index in [0.29, 0.717) is 13.1 Å². The number of aliphatic hydroxyl groups is 2. The predicted octanol–water partition coefficient (Wildman–Crippen LogP) is -0.426. The van der Waals surface area contributed by atoms with E-state index >= 15 is 0 Å². The number of β-amino-alcohol motifs (C(OH)–C–C–N with tert-alkyl or cyclic N) is 1. The molecule has 1 aliphatic rings. The van der Waals surface area contributed by atoms with Gasteiger partial charge in [0.25, 0.3) is 0 Å². The fourth-order valence-corrected chi connectivity index (χ4v) is 1.78. The minimum absolute atomic E-state index is 0.387. The summed E-state index contributed by atoms with van der Waals surface area (Å²) in [6.45, 7) is 3.97. The lowest BCUT2D eigenvalue weighted by Gasteiger charge is -2.48. The van der Waals surface area contributed by atoms with Crippen molar-refractivity contribution >= 4 is 0 Å². The Hall–Kier alpha value is -0.630. The molecule has 3 atom stereocenters. The van der Waals surface area contributed by atoms with E-state index in [4.69, 9.17) is 5.26 Å². The summed E-state index contributed by atoms with van der Waals surface area (Å²) >= 11 is 0. The van der Waals surface area contributed by atoms with E-state index in [1.165, 1.54) is 6.92 Å². The zero-order chi connectivity index (χ0) is 10.3. The molecule has 0 aromatic carbocycles. The summed E-state index contributed by atoms with van der Waals surface area (Å²) in [5, 5.41) is 28.7. The summed E-state index contributed by atoms with van der Waals surface area (Å²) in [7, 11) is 1.83. The Morgan fingerprint density at radius 1 is 1.46 bits per heavy atom. The monoisotopic (exact) mass is 184 g/mol. The van der Waals surface area contributed by atoms with E-state index in [2.05, 4.69) is 0 Å². The minimum atomic E-state index is -1.33. The summed E-state index contributed by atoms with van der Waals surface area (Å²) < 4.78 is 0. The van der Waals surface area contributed by atoms with Crippen LogP contribution >= 0.6 is 0 Å². The zero-order valence-electron chi connectivity index (χ0n) is 8.28. The Labute approximate surface area is 78.4 Å². The molecule has 74 valence electrons. The van der Waals surface area contributed by atoms with Crippen LogP contribution in [-0.2, 0) is 0 Å². The standard InChI is InChI=1S/C9H16N2O2/c1-8(12)6-11(3)5-7(4-10)9(8,2)13/h7,12-13H,5-6H2,1-3H3/t7-,8-,9-/m0/s1. The first-order valence-electron chi connectivity index (χ1n) is 4.34. The molecule has 0 amide bonds. The van der Waals surface area contributed by atoms with Crippen molar-refractivity contribution in [2.45, 2.75) is 25.0 Å². The first-order valence-corrected chi connectivity index (χ1v) is 4.34. The van der Waals surface area contributed by atoms with Crippen molar-refractivity contribution < 1.29 is 10.2 Å². The summed E-state index contributed by atoms with van der Waals surface area (Å²) in [5.41, 5.74) is -2.55. The normalized spacial score (nSPS) is 47.2. The predicted molar refractivity (Wildman–Crippen MR) is 47.8 cm³/mol. The number of nitriles is 1. The molecule has 0 radical (unpaired) electrons. The zero-order valence-corrected chi connectivity index (χ0v) is 8.28. The third-order valence-corrected chi connectivity index (χ3v) is 3.00. The quantitative estimate of drug-likeness (QED) is 0.536. The van der Waals surface area contributed by atoms with Gasteiger partial charge < -0.3 is 15.1 Å². The maximum atomic E-state index is 9.98. The summed E-state index contributed by atoms with van der Waals surface area (Å²) in [4.78, 5) is 1.85. The Kier molecular flexibility index (Phi) is 2.37. The van der Waals surface area contributed by atoms with Crippen LogP contribution in [0.25, 0.3) is 0 Å². The molecule has 4 heteroatoms. The number of piperidine rings is 1. The van der Waals surface area contributed by atoms with Crippen LogP contribution in [0, 0.1) is 17.2 Å². The minimum Gasteiger partial charge on any atom is -0.386 e. The molecule has 0 bridgehead atoms. The summed E-state index contributed by atoms with van der Waals surface area (Å²) in [5.74, 6) is -0.541. The van der Waals surface area contributed by atoms with Crippen molar-refractivity contribution in [3.63, 3.8) is 0 Å². The second-order valence-electron chi connectivity index (χ2n) is 4.30.